The van der Waals surface area contributed by atoms with Crippen molar-refractivity contribution < 1.29 is 14.3 Å². The molecule has 1 N–H and O–H groups in total. The number of amides is 1. The first-order chi connectivity index (χ1) is 12.1. The van der Waals surface area contributed by atoms with Gasteiger partial charge in [0.25, 0.3) is 5.91 Å². The number of hydrogen-bond donors (Lipinski definition) is 1. The normalized spacial score (nSPS) is 15.6. The Morgan fingerprint density at radius 1 is 1.32 bits per heavy atom. The molecular weight excluding hydrogens is 342 g/mol. The molecule has 1 aliphatic carbocycles. The van der Waals surface area contributed by atoms with E-state index in [0.717, 1.165) is 25.7 Å². The largest absolute Gasteiger partial charge is 0.452 e. The molecule has 7 heteroatoms. The van der Waals surface area contributed by atoms with E-state index >= 15 is 0 Å². The number of imidazole rings is 1. The molecule has 3 rings (SSSR count). The van der Waals surface area contributed by atoms with Crippen LogP contribution in [0.4, 0.5) is 0 Å². The minimum atomic E-state index is -0.597. The number of nitrogens with one attached hydrogen (secondary N) is 1. The second kappa shape index (κ2) is 8.16. The predicted molar refractivity (Wildman–Crippen MR) is 95.2 cm³/mol. The average molecular weight is 362 g/mol. The molecule has 2 aromatic heterocycles. The molecule has 0 aromatic carbocycles. The molecule has 2 heterocycles. The van der Waals surface area contributed by atoms with E-state index in [1.54, 1.807) is 10.6 Å². The van der Waals surface area contributed by atoms with Gasteiger partial charge in [-0.05, 0) is 31.1 Å². The van der Waals surface area contributed by atoms with Gasteiger partial charge in [0.1, 0.15) is 5.65 Å². The summed E-state index contributed by atoms with van der Waals surface area (Å²) in [5.41, 5.74) is 1.27. The third-order valence-corrected chi connectivity index (χ3v) is 4.49. The topological polar surface area (TPSA) is 72.7 Å². The zero-order chi connectivity index (χ0) is 17.6. The summed E-state index contributed by atoms with van der Waals surface area (Å²) in [6.45, 7) is -0.277. The zero-order valence-corrected chi connectivity index (χ0v) is 14.5. The Kier molecular flexibility index (Phi) is 5.71. The minimum Gasteiger partial charge on any atom is -0.452 e. The predicted octanol–water partition coefficient (Wildman–Crippen LogP) is 2.99. The number of esters is 1. The van der Waals surface area contributed by atoms with E-state index in [9.17, 15) is 9.59 Å². The third-order valence-electron chi connectivity index (χ3n) is 4.22. The highest BCUT2D eigenvalue weighted by atomic mass is 35.5. The van der Waals surface area contributed by atoms with Crippen LogP contribution in [0.1, 0.15) is 37.8 Å². The Bertz CT molecular complexity index is 794. The molecular formula is C18H20ClN3O3. The lowest BCUT2D eigenvalue weighted by molar-refractivity contribution is -0.144. The van der Waals surface area contributed by atoms with Gasteiger partial charge in [0.05, 0.1) is 5.69 Å². The molecule has 1 fully saturated rings. The van der Waals surface area contributed by atoms with Crippen molar-refractivity contribution in [3.8, 4) is 0 Å². The second-order valence-corrected chi connectivity index (χ2v) is 6.42. The molecule has 0 spiro atoms. The first kappa shape index (κ1) is 17.5. The van der Waals surface area contributed by atoms with E-state index in [1.807, 2.05) is 18.2 Å². The van der Waals surface area contributed by atoms with E-state index < -0.39 is 5.97 Å². The number of fused-ring (bicyclic) bond motifs is 1. The number of ether oxygens (including phenoxy) is 1. The molecule has 2 aromatic rings. The maximum absolute atomic E-state index is 11.8. The third kappa shape index (κ3) is 4.60. The summed E-state index contributed by atoms with van der Waals surface area (Å²) in [6.07, 6.45) is 10.1. The summed E-state index contributed by atoms with van der Waals surface area (Å²) in [5, 5.41) is 3.20. The molecule has 1 amide bonds. The van der Waals surface area contributed by atoms with Gasteiger partial charge in [-0.25, -0.2) is 9.78 Å². The molecule has 0 bridgehead atoms. The number of pyridine rings is 1. The van der Waals surface area contributed by atoms with Gasteiger partial charge in [-0.2, -0.15) is 0 Å². The number of carbonyl (C=O) groups excluding carboxylic acids is 2. The Balaban J connectivity index is 1.52. The van der Waals surface area contributed by atoms with Crippen molar-refractivity contribution in [3.05, 3.63) is 41.3 Å². The lowest BCUT2D eigenvalue weighted by Crippen LogP contribution is -2.38. The fourth-order valence-electron chi connectivity index (χ4n) is 2.98. The van der Waals surface area contributed by atoms with Crippen LogP contribution in [0.5, 0.6) is 0 Å². The maximum Gasteiger partial charge on any atom is 0.331 e. The Morgan fingerprint density at radius 3 is 2.92 bits per heavy atom. The van der Waals surface area contributed by atoms with Crippen LogP contribution in [0, 0.1) is 0 Å². The monoisotopic (exact) mass is 361 g/mol. The fraction of sp³-hybridized carbons (Fsp3) is 0.389. The van der Waals surface area contributed by atoms with Crippen molar-refractivity contribution in [2.45, 2.75) is 38.1 Å². The van der Waals surface area contributed by atoms with E-state index in [-0.39, 0.29) is 18.6 Å². The van der Waals surface area contributed by atoms with Gasteiger partial charge in [-0.3, -0.25) is 9.20 Å². The van der Waals surface area contributed by atoms with E-state index in [0.29, 0.717) is 16.5 Å². The molecule has 0 aliphatic heterocycles. The lowest BCUT2D eigenvalue weighted by atomic mass is 9.95. The van der Waals surface area contributed by atoms with Gasteiger partial charge in [-0.15, -0.1) is 0 Å². The Labute approximate surface area is 150 Å². The lowest BCUT2D eigenvalue weighted by Gasteiger charge is -2.22. The summed E-state index contributed by atoms with van der Waals surface area (Å²) in [7, 11) is 0. The number of carbonyl (C=O) groups is 2. The molecule has 6 nitrogen and oxygen atoms in total. The molecule has 0 radical (unpaired) electrons. The second-order valence-electron chi connectivity index (χ2n) is 6.06. The minimum absolute atomic E-state index is 0.201. The van der Waals surface area contributed by atoms with Crippen molar-refractivity contribution in [1.82, 2.24) is 14.7 Å². The Morgan fingerprint density at radius 2 is 2.12 bits per heavy atom. The number of halogens is 1. The van der Waals surface area contributed by atoms with Crippen LogP contribution in [0.2, 0.25) is 5.15 Å². The zero-order valence-electron chi connectivity index (χ0n) is 13.8. The van der Waals surface area contributed by atoms with Crippen LogP contribution >= 0.6 is 11.6 Å². The quantitative estimate of drug-likeness (QED) is 0.656. The van der Waals surface area contributed by atoms with E-state index in [4.69, 9.17) is 16.3 Å². The van der Waals surface area contributed by atoms with Crippen LogP contribution in [0.25, 0.3) is 11.7 Å². The summed E-state index contributed by atoms with van der Waals surface area (Å²) < 4.78 is 6.75. The van der Waals surface area contributed by atoms with Crippen LogP contribution in [0.3, 0.4) is 0 Å². The van der Waals surface area contributed by atoms with Crippen LogP contribution in [0.15, 0.2) is 30.5 Å². The van der Waals surface area contributed by atoms with Gasteiger partial charge < -0.3 is 10.1 Å². The van der Waals surface area contributed by atoms with Gasteiger partial charge in [0, 0.05) is 18.3 Å². The Hall–Kier alpha value is -2.34. The van der Waals surface area contributed by atoms with Crippen molar-refractivity contribution in [2.75, 3.05) is 6.61 Å². The van der Waals surface area contributed by atoms with Gasteiger partial charge in [-0.1, -0.05) is 36.9 Å². The summed E-state index contributed by atoms with van der Waals surface area (Å²) in [5.74, 6) is -0.859. The number of hydrogen-bond acceptors (Lipinski definition) is 4. The van der Waals surface area contributed by atoms with Gasteiger partial charge in [0.2, 0.25) is 0 Å². The number of nitrogens with zero attached hydrogens (tertiary/aromatic N) is 2. The summed E-state index contributed by atoms with van der Waals surface area (Å²) >= 11 is 6.09. The van der Waals surface area contributed by atoms with E-state index in [1.165, 1.54) is 18.6 Å². The SMILES string of the molecule is O=C(COC(=O)/C=C/c1c(Cl)nc2ccccn12)NC1CCCCC1. The van der Waals surface area contributed by atoms with Crippen LogP contribution in [-0.4, -0.2) is 33.9 Å². The highest BCUT2D eigenvalue weighted by molar-refractivity contribution is 6.31. The van der Waals surface area contributed by atoms with Gasteiger partial charge in [0.15, 0.2) is 11.8 Å². The first-order valence-corrected chi connectivity index (χ1v) is 8.78. The highest BCUT2D eigenvalue weighted by Crippen LogP contribution is 2.19. The van der Waals surface area contributed by atoms with Crippen molar-refractivity contribution in [2.24, 2.45) is 0 Å². The molecule has 1 aliphatic rings. The molecule has 0 saturated heterocycles. The van der Waals surface area contributed by atoms with E-state index in [2.05, 4.69) is 10.3 Å². The average Bonchev–Trinajstić information content (AvgIpc) is 2.94. The number of rotatable bonds is 5. The smallest absolute Gasteiger partial charge is 0.331 e. The first-order valence-electron chi connectivity index (χ1n) is 8.40. The standard InChI is InChI=1S/C18H20ClN3O3/c19-18-14(22-11-5-4-8-15(22)21-18)9-10-17(24)25-12-16(23)20-13-6-2-1-3-7-13/h4-5,8-11,13H,1-3,6-7,12H2,(H,20,23)/b10-9+. The highest BCUT2D eigenvalue weighted by Gasteiger charge is 2.16. The molecule has 132 valence electrons. The van der Waals surface area contributed by atoms with Crippen LogP contribution < -0.4 is 5.32 Å². The molecule has 1 saturated carbocycles. The van der Waals surface area contributed by atoms with Gasteiger partial charge >= 0.3 is 5.97 Å². The molecule has 0 atom stereocenters. The summed E-state index contributed by atoms with van der Waals surface area (Å²) in [6, 6.07) is 5.71. The molecule has 25 heavy (non-hydrogen) atoms. The number of aromatic nitrogens is 2. The van der Waals surface area contributed by atoms with Crippen molar-refractivity contribution in [1.29, 1.82) is 0 Å². The van der Waals surface area contributed by atoms with Crippen molar-refractivity contribution in [3.63, 3.8) is 0 Å². The maximum atomic E-state index is 11.8. The van der Waals surface area contributed by atoms with Crippen molar-refractivity contribution >= 4 is 35.2 Å². The fourth-order valence-corrected chi connectivity index (χ4v) is 3.22. The molecule has 0 unspecified atom stereocenters. The van der Waals surface area contributed by atoms with Crippen LogP contribution in [-0.2, 0) is 14.3 Å². The summed E-state index contributed by atoms with van der Waals surface area (Å²) in [4.78, 5) is 27.8.